The van der Waals surface area contributed by atoms with Crippen molar-refractivity contribution in [3.8, 4) is 5.75 Å². The average Bonchev–Trinajstić information content (AvgIpc) is 2.68. The molecular formula is C21H20ClN3O2. The number of anilines is 1. The van der Waals surface area contributed by atoms with Crippen molar-refractivity contribution in [1.82, 2.24) is 5.43 Å². The lowest BCUT2D eigenvalue weighted by atomic mass is 10.1. The van der Waals surface area contributed by atoms with Crippen LogP contribution in [0.3, 0.4) is 0 Å². The summed E-state index contributed by atoms with van der Waals surface area (Å²) in [5.74, 6) is 0.267. The molecule has 0 aromatic heterocycles. The van der Waals surface area contributed by atoms with Crippen LogP contribution in [0.4, 0.5) is 5.69 Å². The van der Waals surface area contributed by atoms with Gasteiger partial charge in [-0.05, 0) is 29.8 Å². The SMILES string of the molecule is CN(C)c1ccc(C=NNC(=O)COc2ccc(Cl)c3ccccc23)cc1. The van der Waals surface area contributed by atoms with Crippen LogP contribution in [-0.4, -0.2) is 32.8 Å². The highest BCUT2D eigenvalue weighted by Gasteiger charge is 2.07. The first-order valence-electron chi connectivity index (χ1n) is 8.44. The van der Waals surface area contributed by atoms with Crippen LogP contribution in [0.2, 0.25) is 5.02 Å². The van der Waals surface area contributed by atoms with Crippen molar-refractivity contribution in [2.24, 2.45) is 5.10 Å². The largest absolute Gasteiger partial charge is 0.483 e. The number of rotatable bonds is 6. The molecule has 3 aromatic rings. The molecule has 1 N–H and O–H groups in total. The van der Waals surface area contributed by atoms with Gasteiger partial charge in [0.2, 0.25) is 0 Å². The minimum absolute atomic E-state index is 0.136. The third kappa shape index (κ3) is 4.77. The first-order valence-corrected chi connectivity index (χ1v) is 8.82. The molecule has 0 aliphatic heterocycles. The zero-order chi connectivity index (χ0) is 19.2. The lowest BCUT2D eigenvalue weighted by Gasteiger charge is -2.11. The summed E-state index contributed by atoms with van der Waals surface area (Å²) < 4.78 is 5.63. The molecule has 0 spiro atoms. The molecule has 6 heteroatoms. The van der Waals surface area contributed by atoms with Crippen LogP contribution in [0.5, 0.6) is 5.75 Å². The van der Waals surface area contributed by atoms with Gasteiger partial charge in [0, 0.05) is 35.6 Å². The molecule has 0 heterocycles. The quantitative estimate of drug-likeness (QED) is 0.517. The van der Waals surface area contributed by atoms with Crippen molar-refractivity contribution in [3.05, 3.63) is 71.2 Å². The predicted octanol–water partition coefficient (Wildman–Crippen LogP) is 4.09. The van der Waals surface area contributed by atoms with Crippen molar-refractivity contribution in [1.29, 1.82) is 0 Å². The second-order valence-electron chi connectivity index (χ2n) is 6.16. The highest BCUT2D eigenvalue weighted by molar-refractivity contribution is 6.35. The number of carbonyl (C=O) groups excluding carboxylic acids is 1. The Morgan fingerprint density at radius 2 is 1.78 bits per heavy atom. The molecule has 1 amide bonds. The van der Waals surface area contributed by atoms with Crippen LogP contribution >= 0.6 is 11.6 Å². The number of hydrogen-bond donors (Lipinski definition) is 1. The van der Waals surface area contributed by atoms with Gasteiger partial charge in [0.25, 0.3) is 5.91 Å². The van der Waals surface area contributed by atoms with Crippen molar-refractivity contribution in [2.45, 2.75) is 0 Å². The molecule has 5 nitrogen and oxygen atoms in total. The topological polar surface area (TPSA) is 53.9 Å². The van der Waals surface area contributed by atoms with Crippen molar-refractivity contribution >= 4 is 40.2 Å². The van der Waals surface area contributed by atoms with Gasteiger partial charge in [0.05, 0.1) is 6.21 Å². The van der Waals surface area contributed by atoms with E-state index in [-0.39, 0.29) is 12.5 Å². The lowest BCUT2D eigenvalue weighted by molar-refractivity contribution is -0.123. The fourth-order valence-electron chi connectivity index (χ4n) is 2.57. The molecule has 3 aromatic carbocycles. The summed E-state index contributed by atoms with van der Waals surface area (Å²) in [6.45, 7) is -0.136. The van der Waals surface area contributed by atoms with Crippen LogP contribution in [0.15, 0.2) is 65.8 Å². The molecule has 0 bridgehead atoms. The van der Waals surface area contributed by atoms with E-state index in [1.165, 1.54) is 0 Å². The summed E-state index contributed by atoms with van der Waals surface area (Å²) in [5.41, 5.74) is 4.46. The maximum Gasteiger partial charge on any atom is 0.277 e. The van der Waals surface area contributed by atoms with Crippen molar-refractivity contribution < 1.29 is 9.53 Å². The zero-order valence-electron chi connectivity index (χ0n) is 15.1. The number of ether oxygens (including phenoxy) is 1. The number of carbonyl (C=O) groups is 1. The third-order valence-electron chi connectivity index (χ3n) is 4.00. The van der Waals surface area contributed by atoms with Gasteiger partial charge in [-0.1, -0.05) is 48.0 Å². The molecule has 3 rings (SSSR count). The van der Waals surface area contributed by atoms with Crippen LogP contribution in [-0.2, 0) is 4.79 Å². The van der Waals surface area contributed by atoms with Gasteiger partial charge in [0.15, 0.2) is 6.61 Å². The summed E-state index contributed by atoms with van der Waals surface area (Å²) in [5, 5.41) is 6.36. The second kappa shape index (κ2) is 8.56. The fourth-order valence-corrected chi connectivity index (χ4v) is 2.80. The molecule has 27 heavy (non-hydrogen) atoms. The summed E-state index contributed by atoms with van der Waals surface area (Å²) in [6.07, 6.45) is 1.59. The molecule has 0 saturated carbocycles. The summed E-state index contributed by atoms with van der Waals surface area (Å²) in [6, 6.07) is 19.0. The van der Waals surface area contributed by atoms with Crippen molar-refractivity contribution in [2.75, 3.05) is 25.6 Å². The summed E-state index contributed by atoms with van der Waals surface area (Å²) in [4.78, 5) is 14.0. The number of benzene rings is 3. The van der Waals surface area contributed by atoms with Gasteiger partial charge in [-0.25, -0.2) is 5.43 Å². The van der Waals surface area contributed by atoms with E-state index < -0.39 is 0 Å². The number of nitrogens with one attached hydrogen (secondary N) is 1. The van der Waals surface area contributed by atoms with E-state index in [9.17, 15) is 4.79 Å². The van der Waals surface area contributed by atoms with E-state index in [0.717, 1.165) is 22.0 Å². The molecule has 0 atom stereocenters. The standard InChI is InChI=1S/C21H20ClN3O2/c1-25(2)16-9-7-15(8-10-16)13-23-24-21(26)14-27-20-12-11-19(22)17-5-3-4-6-18(17)20/h3-13H,14H2,1-2H3,(H,24,26). The second-order valence-corrected chi connectivity index (χ2v) is 6.57. The van der Waals surface area contributed by atoms with Gasteiger partial charge in [-0.15, -0.1) is 0 Å². The van der Waals surface area contributed by atoms with Crippen LogP contribution in [0.1, 0.15) is 5.56 Å². The molecule has 138 valence electrons. The Hall–Kier alpha value is -3.05. The molecule has 0 fully saturated rings. The van der Waals surface area contributed by atoms with Gasteiger partial charge in [-0.2, -0.15) is 5.10 Å². The third-order valence-corrected chi connectivity index (χ3v) is 4.33. The van der Waals surface area contributed by atoms with Gasteiger partial charge >= 0.3 is 0 Å². The minimum atomic E-state index is -0.338. The number of halogens is 1. The Kier molecular flexibility index (Phi) is 5.94. The maximum absolute atomic E-state index is 12.0. The monoisotopic (exact) mass is 381 g/mol. The molecule has 0 aliphatic carbocycles. The van der Waals surface area contributed by atoms with Gasteiger partial charge in [0.1, 0.15) is 5.75 Å². The smallest absolute Gasteiger partial charge is 0.277 e. The first-order chi connectivity index (χ1) is 13.0. The van der Waals surface area contributed by atoms with Crippen LogP contribution in [0, 0.1) is 0 Å². The predicted molar refractivity (Wildman–Crippen MR) is 111 cm³/mol. The van der Waals surface area contributed by atoms with E-state index in [1.54, 1.807) is 18.3 Å². The summed E-state index contributed by atoms with van der Waals surface area (Å²) >= 11 is 6.19. The van der Waals surface area contributed by atoms with E-state index in [0.29, 0.717) is 10.8 Å². The number of nitrogens with zero attached hydrogens (tertiary/aromatic N) is 2. The van der Waals surface area contributed by atoms with E-state index in [4.69, 9.17) is 16.3 Å². The van der Waals surface area contributed by atoms with Crippen LogP contribution < -0.4 is 15.1 Å². The molecule has 0 aliphatic rings. The Bertz CT molecular complexity index is 969. The van der Waals surface area contributed by atoms with Gasteiger partial charge < -0.3 is 9.64 Å². The highest BCUT2D eigenvalue weighted by atomic mass is 35.5. The molecule has 0 saturated heterocycles. The fraction of sp³-hybridized carbons (Fsp3) is 0.143. The number of fused-ring (bicyclic) bond motifs is 1. The Balaban J connectivity index is 1.56. The minimum Gasteiger partial charge on any atom is -0.483 e. The highest BCUT2D eigenvalue weighted by Crippen LogP contribution is 2.31. The summed E-state index contributed by atoms with van der Waals surface area (Å²) in [7, 11) is 3.96. The Morgan fingerprint density at radius 1 is 1.07 bits per heavy atom. The van der Waals surface area contributed by atoms with E-state index in [1.807, 2.05) is 67.5 Å². The number of hydrazone groups is 1. The molecule has 0 radical (unpaired) electrons. The van der Waals surface area contributed by atoms with E-state index >= 15 is 0 Å². The first kappa shape index (κ1) is 18.7. The number of amides is 1. The van der Waals surface area contributed by atoms with Gasteiger partial charge in [-0.3, -0.25) is 4.79 Å². The normalized spacial score (nSPS) is 10.9. The lowest BCUT2D eigenvalue weighted by Crippen LogP contribution is -2.24. The number of hydrogen-bond acceptors (Lipinski definition) is 4. The maximum atomic E-state index is 12.0. The Morgan fingerprint density at radius 3 is 2.48 bits per heavy atom. The molecule has 0 unspecified atom stereocenters. The molecular weight excluding hydrogens is 362 g/mol. The zero-order valence-corrected chi connectivity index (χ0v) is 15.9. The van der Waals surface area contributed by atoms with E-state index in [2.05, 4.69) is 10.5 Å². The average molecular weight is 382 g/mol. The van der Waals surface area contributed by atoms with Crippen LogP contribution in [0.25, 0.3) is 10.8 Å². The van der Waals surface area contributed by atoms with Crippen molar-refractivity contribution in [3.63, 3.8) is 0 Å². The Labute approximate surface area is 163 Å².